The number of anilines is 1. The van der Waals surface area contributed by atoms with E-state index >= 15 is 0 Å². The molecule has 0 aliphatic carbocycles. The van der Waals surface area contributed by atoms with Gasteiger partial charge in [-0.05, 0) is 25.5 Å². The van der Waals surface area contributed by atoms with Crippen LogP contribution < -0.4 is 5.73 Å². The lowest BCUT2D eigenvalue weighted by atomic mass is 10.1. The molecule has 7 heteroatoms. The number of hydrogen-bond acceptors (Lipinski definition) is 5. The summed E-state index contributed by atoms with van der Waals surface area (Å²) in [5.41, 5.74) is 11.4. The SMILES string of the molecule is CCc1cc(-c2c[nH]c3ncc(-c4cnn(CC)c4)cc23)nc(N)n1. The van der Waals surface area contributed by atoms with Crippen molar-refractivity contribution < 1.29 is 0 Å². The molecule has 0 fully saturated rings. The van der Waals surface area contributed by atoms with E-state index in [0.29, 0.717) is 0 Å². The van der Waals surface area contributed by atoms with Crippen LogP contribution in [0.5, 0.6) is 0 Å². The third kappa shape index (κ3) is 2.73. The molecule has 0 bridgehead atoms. The summed E-state index contributed by atoms with van der Waals surface area (Å²) in [4.78, 5) is 16.4. The molecule has 0 saturated carbocycles. The Morgan fingerprint density at radius 1 is 1.12 bits per heavy atom. The van der Waals surface area contributed by atoms with Crippen LogP contribution in [0.4, 0.5) is 5.95 Å². The van der Waals surface area contributed by atoms with Crippen LogP contribution in [0.1, 0.15) is 19.5 Å². The number of hydrogen-bond donors (Lipinski definition) is 2. The predicted octanol–water partition coefficient (Wildman–Crippen LogP) is 3.05. The highest BCUT2D eigenvalue weighted by molar-refractivity contribution is 5.95. The first-order valence-electron chi connectivity index (χ1n) is 8.31. The molecule has 0 saturated heterocycles. The van der Waals surface area contributed by atoms with Crippen molar-refractivity contribution in [3.8, 4) is 22.4 Å². The summed E-state index contributed by atoms with van der Waals surface area (Å²) in [5, 5.41) is 5.34. The van der Waals surface area contributed by atoms with E-state index in [0.717, 1.165) is 52.1 Å². The number of aromatic amines is 1. The van der Waals surface area contributed by atoms with E-state index in [1.54, 1.807) is 0 Å². The first kappa shape index (κ1) is 15.3. The maximum Gasteiger partial charge on any atom is 0.220 e. The molecule has 0 aliphatic heterocycles. The molecule has 0 atom stereocenters. The van der Waals surface area contributed by atoms with E-state index in [2.05, 4.69) is 38.0 Å². The number of pyridine rings is 1. The number of rotatable bonds is 4. The summed E-state index contributed by atoms with van der Waals surface area (Å²) in [5.74, 6) is 0.289. The highest BCUT2D eigenvalue weighted by Crippen LogP contribution is 2.30. The van der Waals surface area contributed by atoms with Crippen LogP contribution in [-0.2, 0) is 13.0 Å². The van der Waals surface area contributed by atoms with Gasteiger partial charge in [0, 0.05) is 52.9 Å². The lowest BCUT2D eigenvalue weighted by Gasteiger charge is -2.04. The van der Waals surface area contributed by atoms with E-state index < -0.39 is 0 Å². The maximum atomic E-state index is 5.87. The van der Waals surface area contributed by atoms with Crippen molar-refractivity contribution in [2.45, 2.75) is 26.8 Å². The molecule has 7 nitrogen and oxygen atoms in total. The van der Waals surface area contributed by atoms with Gasteiger partial charge in [0.25, 0.3) is 0 Å². The number of nitrogen functional groups attached to an aromatic ring is 1. The Hall–Kier alpha value is -3.22. The molecule has 4 aromatic heterocycles. The number of aromatic nitrogens is 6. The Bertz CT molecular complexity index is 1040. The average molecular weight is 333 g/mol. The summed E-state index contributed by atoms with van der Waals surface area (Å²) in [6.45, 7) is 4.95. The number of nitrogens with one attached hydrogen (secondary N) is 1. The number of nitrogens with two attached hydrogens (primary N) is 1. The van der Waals surface area contributed by atoms with E-state index in [9.17, 15) is 0 Å². The lowest BCUT2D eigenvalue weighted by molar-refractivity contribution is 0.660. The normalized spacial score (nSPS) is 11.3. The summed E-state index contributed by atoms with van der Waals surface area (Å²) in [6, 6.07) is 4.08. The monoisotopic (exact) mass is 333 g/mol. The molecule has 0 aromatic carbocycles. The highest BCUT2D eigenvalue weighted by Gasteiger charge is 2.12. The largest absolute Gasteiger partial charge is 0.368 e. The number of H-pyrrole nitrogens is 1. The molecule has 3 N–H and O–H groups in total. The fourth-order valence-electron chi connectivity index (χ4n) is 2.90. The molecule has 4 aromatic rings. The van der Waals surface area contributed by atoms with Gasteiger partial charge in [-0.2, -0.15) is 5.10 Å². The third-order valence-corrected chi connectivity index (χ3v) is 4.26. The van der Waals surface area contributed by atoms with Gasteiger partial charge in [0.2, 0.25) is 5.95 Å². The molecule has 0 amide bonds. The van der Waals surface area contributed by atoms with Gasteiger partial charge in [-0.3, -0.25) is 4.68 Å². The average Bonchev–Trinajstić information content (AvgIpc) is 3.27. The van der Waals surface area contributed by atoms with E-state index in [1.165, 1.54) is 0 Å². The van der Waals surface area contributed by atoms with Crippen LogP contribution in [0.2, 0.25) is 0 Å². The van der Waals surface area contributed by atoms with Crippen molar-refractivity contribution in [1.29, 1.82) is 0 Å². The van der Waals surface area contributed by atoms with Gasteiger partial charge in [0.1, 0.15) is 5.65 Å². The molecule has 0 aliphatic rings. The quantitative estimate of drug-likeness (QED) is 0.598. The molecule has 4 rings (SSSR count). The Morgan fingerprint density at radius 3 is 2.76 bits per heavy atom. The van der Waals surface area contributed by atoms with Gasteiger partial charge in [0.05, 0.1) is 11.9 Å². The van der Waals surface area contributed by atoms with Gasteiger partial charge in [-0.1, -0.05) is 6.92 Å². The molecule has 25 heavy (non-hydrogen) atoms. The summed E-state index contributed by atoms with van der Waals surface area (Å²) < 4.78 is 1.90. The first-order valence-corrected chi connectivity index (χ1v) is 8.31. The van der Waals surface area contributed by atoms with Gasteiger partial charge in [0.15, 0.2) is 0 Å². The minimum absolute atomic E-state index is 0.289. The molecule has 4 heterocycles. The van der Waals surface area contributed by atoms with Gasteiger partial charge in [-0.15, -0.1) is 0 Å². The van der Waals surface area contributed by atoms with Crippen molar-refractivity contribution in [2.75, 3.05) is 5.73 Å². The second-order valence-electron chi connectivity index (χ2n) is 5.86. The van der Waals surface area contributed by atoms with E-state index in [4.69, 9.17) is 5.73 Å². The smallest absolute Gasteiger partial charge is 0.220 e. The Labute approximate surface area is 145 Å². The maximum absolute atomic E-state index is 5.87. The van der Waals surface area contributed by atoms with Gasteiger partial charge >= 0.3 is 0 Å². The van der Waals surface area contributed by atoms with Crippen molar-refractivity contribution in [2.24, 2.45) is 0 Å². The molecule has 0 spiro atoms. The zero-order valence-corrected chi connectivity index (χ0v) is 14.2. The molecular formula is C18H19N7. The van der Waals surface area contributed by atoms with Crippen molar-refractivity contribution in [3.63, 3.8) is 0 Å². The molecule has 0 radical (unpaired) electrons. The summed E-state index contributed by atoms with van der Waals surface area (Å²) >= 11 is 0. The fraction of sp³-hybridized carbons (Fsp3) is 0.222. The molecule has 0 unspecified atom stereocenters. The van der Waals surface area contributed by atoms with Gasteiger partial charge < -0.3 is 10.7 Å². The van der Waals surface area contributed by atoms with Crippen LogP contribution in [0.15, 0.2) is 36.9 Å². The van der Waals surface area contributed by atoms with Crippen LogP contribution >= 0.6 is 0 Å². The zero-order chi connectivity index (χ0) is 17.4. The summed E-state index contributed by atoms with van der Waals surface area (Å²) in [6.07, 6.45) is 8.45. The second kappa shape index (κ2) is 6.01. The van der Waals surface area contributed by atoms with E-state index in [-0.39, 0.29) is 5.95 Å². The van der Waals surface area contributed by atoms with Gasteiger partial charge in [-0.25, -0.2) is 15.0 Å². The minimum Gasteiger partial charge on any atom is -0.368 e. The topological polar surface area (TPSA) is 98.3 Å². The van der Waals surface area contributed by atoms with Crippen molar-refractivity contribution in [1.82, 2.24) is 29.7 Å². The zero-order valence-electron chi connectivity index (χ0n) is 14.2. The number of fused-ring (bicyclic) bond motifs is 1. The van der Waals surface area contributed by atoms with Crippen LogP contribution in [-0.4, -0.2) is 29.7 Å². The molecule has 126 valence electrons. The Morgan fingerprint density at radius 2 is 2.00 bits per heavy atom. The Kier molecular flexibility index (Phi) is 3.68. The number of aryl methyl sites for hydroxylation is 2. The molecular weight excluding hydrogens is 314 g/mol. The predicted molar refractivity (Wildman–Crippen MR) is 97.8 cm³/mol. The third-order valence-electron chi connectivity index (χ3n) is 4.26. The van der Waals surface area contributed by atoms with Crippen LogP contribution in [0.3, 0.4) is 0 Å². The fourth-order valence-corrected chi connectivity index (χ4v) is 2.90. The minimum atomic E-state index is 0.289. The van der Waals surface area contributed by atoms with Crippen LogP contribution in [0, 0.1) is 0 Å². The van der Waals surface area contributed by atoms with E-state index in [1.807, 2.05) is 42.5 Å². The first-order chi connectivity index (χ1) is 12.2. The standard InChI is InChI=1S/C18H19N7/c1-3-13-6-16(24-18(19)23-13)15-9-21-17-14(15)5-11(7-20-17)12-8-22-25(4-2)10-12/h5-10H,3-4H2,1-2H3,(H,20,21)(H2,19,23,24). The highest BCUT2D eigenvalue weighted by atomic mass is 15.3. The van der Waals surface area contributed by atoms with Crippen molar-refractivity contribution >= 4 is 17.0 Å². The van der Waals surface area contributed by atoms with Crippen LogP contribution in [0.25, 0.3) is 33.4 Å². The van der Waals surface area contributed by atoms with Crippen molar-refractivity contribution in [3.05, 3.63) is 42.6 Å². The number of nitrogens with zero attached hydrogens (tertiary/aromatic N) is 5. The Balaban J connectivity index is 1.85. The summed E-state index contributed by atoms with van der Waals surface area (Å²) in [7, 11) is 0. The lowest BCUT2D eigenvalue weighted by Crippen LogP contribution is -2.00. The second-order valence-corrected chi connectivity index (χ2v) is 5.86.